The Hall–Kier alpha value is -5.63. The summed E-state index contributed by atoms with van der Waals surface area (Å²) in [6.07, 6.45) is 13.3. The van der Waals surface area contributed by atoms with Crippen molar-refractivity contribution < 1.29 is 18.2 Å². The molecule has 0 bridgehead atoms. The third-order valence-electron chi connectivity index (χ3n) is 12.9. The van der Waals surface area contributed by atoms with Crippen LogP contribution < -0.4 is 20.0 Å². The molecule has 16 heteroatoms. The van der Waals surface area contributed by atoms with Crippen LogP contribution in [0.4, 0.5) is 27.3 Å². The van der Waals surface area contributed by atoms with Crippen LogP contribution in [0.3, 0.4) is 0 Å². The molecule has 2 aromatic heterocycles. The lowest BCUT2D eigenvalue weighted by Gasteiger charge is -2.41. The van der Waals surface area contributed by atoms with Crippen LogP contribution in [0.2, 0.25) is 0 Å². The average molecular weight is 889 g/mol. The molecule has 2 amide bonds. The van der Waals surface area contributed by atoms with E-state index in [0.29, 0.717) is 53.5 Å². The number of halogens is 1. The molecule has 0 unspecified atom stereocenters. The highest BCUT2D eigenvalue weighted by Gasteiger charge is 2.53. The molecule has 328 valence electrons. The Kier molecular flexibility index (Phi) is 12.0. The Morgan fingerprint density at radius 2 is 1.83 bits per heavy atom. The van der Waals surface area contributed by atoms with Crippen molar-refractivity contribution >= 4 is 67.8 Å². The van der Waals surface area contributed by atoms with E-state index >= 15 is 4.39 Å². The first kappa shape index (κ1) is 44.0. The zero-order valence-corrected chi connectivity index (χ0v) is 38.0. The number of pyridine rings is 1. The van der Waals surface area contributed by atoms with Gasteiger partial charge in [-0.1, -0.05) is 31.1 Å². The van der Waals surface area contributed by atoms with E-state index in [0.717, 1.165) is 80.9 Å². The van der Waals surface area contributed by atoms with Gasteiger partial charge < -0.3 is 15.1 Å². The van der Waals surface area contributed by atoms with Gasteiger partial charge in [0.25, 0.3) is 11.8 Å². The first-order valence-electron chi connectivity index (χ1n) is 21.6. The summed E-state index contributed by atoms with van der Waals surface area (Å²) in [6, 6.07) is 13.4. The van der Waals surface area contributed by atoms with Gasteiger partial charge in [-0.2, -0.15) is 0 Å². The Labute approximate surface area is 374 Å². The summed E-state index contributed by atoms with van der Waals surface area (Å²) >= 11 is 5.75. The van der Waals surface area contributed by atoms with E-state index < -0.39 is 31.7 Å². The summed E-state index contributed by atoms with van der Waals surface area (Å²) in [4.78, 5) is 52.6. The molecule has 8 rings (SSSR count). The van der Waals surface area contributed by atoms with E-state index in [1.165, 1.54) is 23.3 Å². The molecule has 2 atom stereocenters. The molecule has 1 saturated carbocycles. The predicted octanol–water partition coefficient (Wildman–Crippen LogP) is 8.19. The van der Waals surface area contributed by atoms with E-state index in [1.807, 2.05) is 12.1 Å². The number of carbonyl (C=O) groups is 2. The van der Waals surface area contributed by atoms with Crippen LogP contribution in [0.5, 0.6) is 0 Å². The fraction of sp³-hybridized carbons (Fsp3) is 0.426. The zero-order chi connectivity index (χ0) is 44.8. The van der Waals surface area contributed by atoms with Crippen molar-refractivity contribution in [2.24, 2.45) is 0 Å². The number of fused-ring (bicyclic) bond motifs is 1. The van der Waals surface area contributed by atoms with Crippen molar-refractivity contribution in [3.63, 3.8) is 0 Å². The number of benzene rings is 2. The molecule has 63 heavy (non-hydrogen) atoms. The Balaban J connectivity index is 0.815. The number of anilines is 3. The predicted molar refractivity (Wildman–Crippen MR) is 250 cm³/mol. The maximum Gasteiger partial charge on any atom is 0.259 e. The van der Waals surface area contributed by atoms with Gasteiger partial charge in [0.05, 0.1) is 38.0 Å². The van der Waals surface area contributed by atoms with Crippen molar-refractivity contribution in [1.29, 1.82) is 4.78 Å². The summed E-state index contributed by atoms with van der Waals surface area (Å²) in [5, 5.41) is 3.05. The number of carbonyl (C=O) groups excluding carboxylic acids is 2. The van der Waals surface area contributed by atoms with E-state index in [1.54, 1.807) is 56.1 Å². The summed E-state index contributed by atoms with van der Waals surface area (Å²) in [6.45, 7) is 18.7. The highest BCUT2D eigenvalue weighted by molar-refractivity contribution is 7.93. The first-order chi connectivity index (χ1) is 30.0. The number of hydrogen-bond acceptors (Lipinski definition) is 10. The molecule has 2 aliphatic heterocycles. The Bertz CT molecular complexity index is 2690. The van der Waals surface area contributed by atoms with Gasteiger partial charge in [0.1, 0.15) is 17.2 Å². The molecule has 4 heterocycles. The number of aromatic nitrogens is 3. The van der Waals surface area contributed by atoms with Crippen molar-refractivity contribution in [3.8, 4) is 11.4 Å². The fourth-order valence-corrected chi connectivity index (χ4v) is 11.0. The van der Waals surface area contributed by atoms with Crippen LogP contribution in [0.25, 0.3) is 22.3 Å². The number of hydrogen-bond donors (Lipinski definition) is 2. The van der Waals surface area contributed by atoms with Gasteiger partial charge in [-0.25, -0.2) is 23.4 Å². The van der Waals surface area contributed by atoms with E-state index in [9.17, 15) is 13.8 Å². The smallest absolute Gasteiger partial charge is 0.259 e. The largest absolute Gasteiger partial charge is 0.352 e. The highest BCUT2D eigenvalue weighted by atomic mass is 32.2. The molecule has 2 aromatic carbocycles. The van der Waals surface area contributed by atoms with Crippen LogP contribution in [0, 0.1) is 24.1 Å². The molecular weight excluding hydrogens is 836 g/mol. The number of nitrogens with one attached hydrogen (secondary N) is 2. The van der Waals surface area contributed by atoms with E-state index in [4.69, 9.17) is 33.5 Å². The Morgan fingerprint density at radius 1 is 1.06 bits per heavy atom. The fourth-order valence-electron chi connectivity index (χ4n) is 9.12. The van der Waals surface area contributed by atoms with Gasteiger partial charge in [-0.15, -0.1) is 0 Å². The van der Waals surface area contributed by atoms with Gasteiger partial charge >= 0.3 is 0 Å². The minimum absolute atomic E-state index is 0.0793. The highest BCUT2D eigenvalue weighted by Crippen LogP contribution is 2.53. The van der Waals surface area contributed by atoms with Crippen molar-refractivity contribution in [1.82, 2.24) is 25.2 Å². The number of piperazine rings is 1. The first-order valence-corrected chi connectivity index (χ1v) is 23.9. The molecule has 4 aromatic rings. The lowest BCUT2D eigenvalue weighted by molar-refractivity contribution is -0.120. The van der Waals surface area contributed by atoms with Gasteiger partial charge in [0.2, 0.25) is 0 Å². The number of aryl methyl sites for hydroxylation is 1. The number of thiocarbonyl (C=S) groups is 1. The number of allylic oxidation sites excluding steroid dienone is 1. The minimum Gasteiger partial charge on any atom is -0.352 e. The molecule has 13 nitrogen and oxygen atoms in total. The van der Waals surface area contributed by atoms with Gasteiger partial charge in [0, 0.05) is 79.7 Å². The maximum atomic E-state index is 15.5. The maximum absolute atomic E-state index is 15.5. The molecule has 2 N–H and O–H groups in total. The van der Waals surface area contributed by atoms with Gasteiger partial charge in [0.15, 0.2) is 16.6 Å². The SMILES string of the molecule is [C-]#[N+]c1ccc(N2C(=O)C(C)(C)N(c3ccc(C(=O)NCCCCCCN4CCN(c5cc(C6([S@](C)(=N)=O)CC6)nc(-c6ccnc7c6C=CC7)n5)[C@H](C)C4)c(F)c3)C2=S)cc1C. The normalized spacial score (nSPS) is 19.8. The molecule has 2 aliphatic carbocycles. The van der Waals surface area contributed by atoms with Crippen LogP contribution in [0.1, 0.15) is 92.2 Å². The third kappa shape index (κ3) is 8.34. The second-order valence-electron chi connectivity index (χ2n) is 17.7. The van der Waals surface area contributed by atoms with Crippen molar-refractivity contribution in [2.75, 3.05) is 53.7 Å². The van der Waals surface area contributed by atoms with E-state index in [2.05, 4.69) is 44.0 Å². The number of nitrogens with zero attached hydrogens (tertiary/aromatic N) is 8. The second-order valence-corrected chi connectivity index (χ2v) is 20.5. The average Bonchev–Trinajstić information content (AvgIpc) is 3.90. The van der Waals surface area contributed by atoms with Crippen molar-refractivity contribution in [2.45, 2.75) is 89.0 Å². The summed E-state index contributed by atoms with van der Waals surface area (Å²) in [7, 11) is -2.88. The number of rotatable bonds is 14. The molecule has 4 aliphatic rings. The van der Waals surface area contributed by atoms with Crippen LogP contribution in [-0.4, -0.2) is 91.5 Å². The second kappa shape index (κ2) is 17.2. The topological polar surface area (TPSA) is 143 Å². The monoisotopic (exact) mass is 888 g/mol. The third-order valence-corrected chi connectivity index (χ3v) is 15.4. The van der Waals surface area contributed by atoms with Crippen molar-refractivity contribution in [3.05, 3.63) is 106 Å². The van der Waals surface area contributed by atoms with Gasteiger partial charge in [-0.3, -0.25) is 29.2 Å². The molecular formula is C47H53FN10O3S2. The zero-order valence-electron chi connectivity index (χ0n) is 36.4. The van der Waals surface area contributed by atoms with Crippen LogP contribution in [-0.2, 0) is 25.7 Å². The number of unbranched alkanes of at least 4 members (excludes halogenated alkanes) is 3. The Morgan fingerprint density at radius 3 is 2.52 bits per heavy atom. The van der Waals surface area contributed by atoms with E-state index in [-0.39, 0.29) is 22.6 Å². The lowest BCUT2D eigenvalue weighted by atomic mass is 10.0. The van der Waals surface area contributed by atoms with Gasteiger partial charge in [-0.05, 0) is 114 Å². The van der Waals surface area contributed by atoms with Crippen LogP contribution >= 0.6 is 12.2 Å². The quantitative estimate of drug-likeness (QED) is 0.0723. The van der Waals surface area contributed by atoms with Crippen LogP contribution in [0.15, 0.2) is 60.8 Å². The molecule has 0 spiro atoms. The molecule has 3 fully saturated rings. The molecule has 2 saturated heterocycles. The standard InChI is InChI=1S/C47H53FN10O3S2/c1-30-26-32(15-17-38(30)50-5)57-44(60)46(3,4)58(45(57)62)33-14-16-36(37(48)27-33)43(59)52-21-9-7-8-10-23-55-24-25-56(31(2)29-55)41-28-40(47(19-20-47)63(6,49)61)53-42(54-41)35-18-22-51-39-13-11-12-34(35)39/h11-12,14-18,22,26-28,31,49H,7-10,13,19-21,23-25,29H2,1-4,6H3,(H,52,59)/t31-,63-/m1/s1. The summed E-state index contributed by atoms with van der Waals surface area (Å²) in [5.74, 6) is -0.0899. The summed E-state index contributed by atoms with van der Waals surface area (Å²) in [5.41, 5.74) is 4.51. The molecule has 0 radical (unpaired) electrons. The number of amides is 2. The summed E-state index contributed by atoms with van der Waals surface area (Å²) < 4.78 is 36.6. The lowest BCUT2D eigenvalue weighted by Crippen LogP contribution is -2.52. The minimum atomic E-state index is -2.88.